The molecule has 0 spiro atoms. The monoisotopic (exact) mass is 538 g/mol. The molecule has 35 heavy (non-hydrogen) atoms. The Morgan fingerprint density at radius 3 is 2.23 bits per heavy atom. The van der Waals surface area contributed by atoms with Crippen LogP contribution in [0.25, 0.3) is 0 Å². The van der Waals surface area contributed by atoms with Crippen LogP contribution in [0.4, 0.5) is 0 Å². The summed E-state index contributed by atoms with van der Waals surface area (Å²) in [7, 11) is 3.18. The van der Waals surface area contributed by atoms with Crippen molar-refractivity contribution in [2.24, 2.45) is 0 Å². The second-order valence-electron chi connectivity index (χ2n) is 8.35. The summed E-state index contributed by atoms with van der Waals surface area (Å²) in [5.41, 5.74) is 3.86. The number of aryl methyl sites for hydroxylation is 2. The van der Waals surface area contributed by atoms with Crippen molar-refractivity contribution in [3.63, 3.8) is 0 Å². The van der Waals surface area contributed by atoms with E-state index in [-0.39, 0.29) is 25.0 Å². The maximum Gasteiger partial charge on any atom is 0.261 e. The smallest absolute Gasteiger partial charge is 0.261 e. The van der Waals surface area contributed by atoms with Gasteiger partial charge in [-0.2, -0.15) is 0 Å². The van der Waals surface area contributed by atoms with Crippen molar-refractivity contribution < 1.29 is 19.1 Å². The van der Waals surface area contributed by atoms with E-state index in [0.717, 1.165) is 26.7 Å². The first-order valence-electron chi connectivity index (χ1n) is 11.4. The number of nitrogens with zero attached hydrogens (tertiary/aromatic N) is 1. The van der Waals surface area contributed by atoms with Gasteiger partial charge in [0.15, 0.2) is 6.61 Å². The number of carbonyl (C=O) groups is 2. The fourth-order valence-electron chi connectivity index (χ4n) is 3.91. The van der Waals surface area contributed by atoms with Gasteiger partial charge in [0.05, 0.1) is 7.11 Å². The molecule has 3 aromatic rings. The highest BCUT2D eigenvalue weighted by Gasteiger charge is 2.30. The van der Waals surface area contributed by atoms with Crippen molar-refractivity contribution in [1.29, 1.82) is 0 Å². The zero-order valence-electron chi connectivity index (χ0n) is 20.5. The normalized spacial score (nSPS) is 11.5. The van der Waals surface area contributed by atoms with Gasteiger partial charge in [-0.3, -0.25) is 9.59 Å². The summed E-state index contributed by atoms with van der Waals surface area (Å²) < 4.78 is 12.3. The average molecular weight is 539 g/mol. The van der Waals surface area contributed by atoms with Gasteiger partial charge in [-0.15, -0.1) is 0 Å². The minimum absolute atomic E-state index is 0.188. The molecule has 0 aliphatic rings. The molecule has 0 bridgehead atoms. The third kappa shape index (κ3) is 7.09. The summed E-state index contributed by atoms with van der Waals surface area (Å²) in [6.45, 7) is 4.00. The van der Waals surface area contributed by atoms with E-state index >= 15 is 0 Å². The van der Waals surface area contributed by atoms with E-state index in [9.17, 15) is 9.59 Å². The lowest BCUT2D eigenvalue weighted by molar-refractivity contribution is -0.142. The molecule has 0 aliphatic heterocycles. The van der Waals surface area contributed by atoms with Crippen LogP contribution >= 0.6 is 15.9 Å². The van der Waals surface area contributed by atoms with Crippen LogP contribution in [-0.4, -0.2) is 43.5 Å². The number of hydrogen-bond acceptors (Lipinski definition) is 4. The number of hydrogen-bond donors (Lipinski definition) is 1. The lowest BCUT2D eigenvalue weighted by atomic mass is 10.0. The van der Waals surface area contributed by atoms with Crippen molar-refractivity contribution >= 4 is 27.7 Å². The summed E-state index contributed by atoms with van der Waals surface area (Å²) in [6.07, 6.45) is 0.382. The zero-order valence-corrected chi connectivity index (χ0v) is 22.1. The number of likely N-dealkylation sites (N-methyl/N-ethyl adjacent to an activating group) is 1. The lowest BCUT2D eigenvalue weighted by Gasteiger charge is -2.31. The summed E-state index contributed by atoms with van der Waals surface area (Å²) in [6, 6.07) is 20.2. The topological polar surface area (TPSA) is 67.9 Å². The largest absolute Gasteiger partial charge is 0.497 e. The molecule has 0 radical (unpaired) electrons. The number of ether oxygens (including phenoxy) is 2. The van der Waals surface area contributed by atoms with Crippen LogP contribution in [0, 0.1) is 13.8 Å². The number of carbonyl (C=O) groups excluding carboxylic acids is 2. The van der Waals surface area contributed by atoms with Crippen LogP contribution in [0.1, 0.15) is 22.3 Å². The first kappa shape index (κ1) is 26.3. The minimum Gasteiger partial charge on any atom is -0.497 e. The Labute approximate surface area is 215 Å². The number of rotatable bonds is 10. The van der Waals surface area contributed by atoms with E-state index in [2.05, 4.69) is 21.2 Å². The van der Waals surface area contributed by atoms with Crippen LogP contribution in [-0.2, 0) is 22.6 Å². The van der Waals surface area contributed by atoms with Crippen molar-refractivity contribution in [3.8, 4) is 11.5 Å². The fourth-order valence-corrected chi connectivity index (χ4v) is 4.13. The number of benzene rings is 3. The molecule has 2 amide bonds. The summed E-state index contributed by atoms with van der Waals surface area (Å²) in [5.74, 6) is 0.778. The van der Waals surface area contributed by atoms with Gasteiger partial charge < -0.3 is 19.7 Å². The second kappa shape index (κ2) is 12.4. The molecule has 3 rings (SSSR count). The predicted molar refractivity (Wildman–Crippen MR) is 141 cm³/mol. The van der Waals surface area contributed by atoms with Gasteiger partial charge in [-0.1, -0.05) is 58.4 Å². The second-order valence-corrected chi connectivity index (χ2v) is 9.15. The highest BCUT2D eigenvalue weighted by molar-refractivity contribution is 9.10. The molecule has 1 N–H and O–H groups in total. The SMILES string of the molecule is CNC(=O)[C@@H](Cc1ccccc1)N(Cc1cccc(OC)c1)C(=O)COc1cc(C)c(Br)c(C)c1. The molecule has 7 heteroatoms. The molecule has 3 aromatic carbocycles. The van der Waals surface area contributed by atoms with Gasteiger partial charge in [0.25, 0.3) is 5.91 Å². The number of amides is 2. The van der Waals surface area contributed by atoms with Crippen molar-refractivity contribution in [2.45, 2.75) is 32.9 Å². The molecule has 0 unspecified atom stereocenters. The quantitative estimate of drug-likeness (QED) is 0.401. The summed E-state index contributed by atoms with van der Waals surface area (Å²) in [5, 5.41) is 2.72. The number of halogens is 1. The van der Waals surface area contributed by atoms with Gasteiger partial charge in [0, 0.05) is 24.5 Å². The van der Waals surface area contributed by atoms with Crippen molar-refractivity contribution in [3.05, 3.63) is 93.5 Å². The third-order valence-corrected chi connectivity index (χ3v) is 7.03. The Bertz CT molecular complexity index is 1140. The van der Waals surface area contributed by atoms with E-state index in [4.69, 9.17) is 9.47 Å². The Kier molecular flexibility index (Phi) is 9.32. The van der Waals surface area contributed by atoms with Gasteiger partial charge in [-0.25, -0.2) is 0 Å². The highest BCUT2D eigenvalue weighted by Crippen LogP contribution is 2.26. The van der Waals surface area contributed by atoms with E-state index in [1.54, 1.807) is 19.1 Å². The van der Waals surface area contributed by atoms with Gasteiger partial charge in [-0.05, 0) is 60.4 Å². The van der Waals surface area contributed by atoms with E-state index < -0.39 is 6.04 Å². The predicted octanol–water partition coefficient (Wildman–Crippen LogP) is 4.84. The molecule has 0 saturated carbocycles. The average Bonchev–Trinajstić information content (AvgIpc) is 2.88. The summed E-state index contributed by atoms with van der Waals surface area (Å²) in [4.78, 5) is 28.1. The Balaban J connectivity index is 1.90. The van der Waals surface area contributed by atoms with Crippen LogP contribution in [0.3, 0.4) is 0 Å². The molecular weight excluding hydrogens is 508 g/mol. The Morgan fingerprint density at radius 2 is 1.60 bits per heavy atom. The first-order chi connectivity index (χ1) is 16.8. The van der Waals surface area contributed by atoms with Crippen LogP contribution < -0.4 is 14.8 Å². The minimum atomic E-state index is -0.710. The van der Waals surface area contributed by atoms with E-state index in [1.807, 2.05) is 80.6 Å². The molecular formula is C28H31BrN2O4. The zero-order chi connectivity index (χ0) is 25.4. The molecule has 184 valence electrons. The van der Waals surface area contributed by atoms with Gasteiger partial charge >= 0.3 is 0 Å². The number of methoxy groups -OCH3 is 1. The van der Waals surface area contributed by atoms with E-state index in [1.165, 1.54) is 0 Å². The van der Waals surface area contributed by atoms with Gasteiger partial charge in [0.1, 0.15) is 17.5 Å². The van der Waals surface area contributed by atoms with Crippen molar-refractivity contribution in [2.75, 3.05) is 20.8 Å². The van der Waals surface area contributed by atoms with Crippen LogP contribution in [0.5, 0.6) is 11.5 Å². The molecule has 0 heterocycles. The first-order valence-corrected chi connectivity index (χ1v) is 12.2. The molecule has 0 fully saturated rings. The van der Waals surface area contributed by atoms with Gasteiger partial charge in [0.2, 0.25) is 5.91 Å². The molecule has 0 aliphatic carbocycles. The maximum absolute atomic E-state index is 13.5. The number of nitrogens with one attached hydrogen (secondary N) is 1. The fraction of sp³-hybridized carbons (Fsp3) is 0.286. The van der Waals surface area contributed by atoms with Crippen LogP contribution in [0.2, 0.25) is 0 Å². The highest BCUT2D eigenvalue weighted by atomic mass is 79.9. The van der Waals surface area contributed by atoms with E-state index in [0.29, 0.717) is 17.9 Å². The molecule has 1 atom stereocenters. The Morgan fingerprint density at radius 1 is 0.943 bits per heavy atom. The Hall–Kier alpha value is -3.32. The standard InChI is InChI=1S/C28H31BrN2O4/c1-19-13-24(14-20(2)27(19)29)35-18-26(32)31(17-22-11-8-12-23(15-22)34-4)25(28(33)30-3)16-21-9-6-5-7-10-21/h5-15,25H,16-18H2,1-4H3,(H,30,33)/t25-/m1/s1. The van der Waals surface area contributed by atoms with Crippen LogP contribution in [0.15, 0.2) is 71.2 Å². The third-order valence-electron chi connectivity index (χ3n) is 5.78. The summed E-state index contributed by atoms with van der Waals surface area (Å²) >= 11 is 3.55. The molecule has 0 aromatic heterocycles. The lowest BCUT2D eigenvalue weighted by Crippen LogP contribution is -2.51. The van der Waals surface area contributed by atoms with Crippen molar-refractivity contribution in [1.82, 2.24) is 10.2 Å². The molecule has 6 nitrogen and oxygen atoms in total. The maximum atomic E-state index is 13.5. The molecule has 0 saturated heterocycles.